The number of hydrogen-bond donors (Lipinski definition) is 0. The van der Waals surface area contributed by atoms with E-state index in [1.54, 1.807) is 0 Å². The highest BCUT2D eigenvalue weighted by Gasteiger charge is 2.43. The lowest BCUT2D eigenvalue weighted by Gasteiger charge is -2.33. The zero-order chi connectivity index (χ0) is 17.2. The lowest BCUT2D eigenvalue weighted by atomic mass is 10.0. The van der Waals surface area contributed by atoms with E-state index in [2.05, 4.69) is 12.1 Å². The molecule has 2 saturated heterocycles. The maximum Gasteiger partial charge on any atom is 0.227 e. The maximum atomic E-state index is 12.7. The van der Waals surface area contributed by atoms with Gasteiger partial charge in [-0.15, -0.1) is 0 Å². The number of ether oxygens (including phenoxy) is 1. The average Bonchev–Trinajstić information content (AvgIpc) is 3.42. The topological polar surface area (TPSA) is 49.9 Å². The predicted molar refractivity (Wildman–Crippen MR) is 93.7 cm³/mol. The van der Waals surface area contributed by atoms with Crippen LogP contribution in [0.1, 0.15) is 37.7 Å². The zero-order valence-electron chi connectivity index (χ0n) is 14.6. The number of benzene rings is 1. The first-order valence-electron chi connectivity index (χ1n) is 9.44. The molecular formula is C20H26N2O3. The largest absolute Gasteiger partial charge is 0.373 e. The third-order valence-corrected chi connectivity index (χ3v) is 5.58. The molecule has 1 saturated carbocycles. The number of likely N-dealkylation sites (tertiary alicyclic amines) is 2. The van der Waals surface area contributed by atoms with Gasteiger partial charge in [0.25, 0.3) is 0 Å². The molecule has 0 spiro atoms. The molecule has 0 aromatic heterocycles. The summed E-state index contributed by atoms with van der Waals surface area (Å²) in [5.41, 5.74) is 1.19. The number of carbonyl (C=O) groups excluding carboxylic acids is 2. The minimum Gasteiger partial charge on any atom is -0.373 e. The second-order valence-electron chi connectivity index (χ2n) is 7.50. The van der Waals surface area contributed by atoms with Gasteiger partial charge in [0, 0.05) is 32.1 Å². The van der Waals surface area contributed by atoms with Gasteiger partial charge in [-0.1, -0.05) is 30.3 Å². The minimum atomic E-state index is -0.130. The normalized spacial score (nSPS) is 24.8. The Morgan fingerprint density at radius 1 is 1.08 bits per heavy atom. The van der Waals surface area contributed by atoms with Crippen molar-refractivity contribution in [1.29, 1.82) is 0 Å². The van der Waals surface area contributed by atoms with Gasteiger partial charge in [-0.2, -0.15) is 0 Å². The molecule has 2 heterocycles. The Bertz CT molecular complexity index is 621. The highest BCUT2D eigenvalue weighted by molar-refractivity contribution is 5.89. The van der Waals surface area contributed by atoms with Crippen molar-refractivity contribution in [3.05, 3.63) is 35.9 Å². The van der Waals surface area contributed by atoms with Gasteiger partial charge < -0.3 is 14.5 Å². The van der Waals surface area contributed by atoms with Gasteiger partial charge in [0.1, 0.15) is 0 Å². The first-order valence-corrected chi connectivity index (χ1v) is 9.44. The highest BCUT2D eigenvalue weighted by Crippen LogP contribution is 2.33. The molecule has 0 radical (unpaired) electrons. The van der Waals surface area contributed by atoms with Crippen molar-refractivity contribution in [2.75, 3.05) is 19.6 Å². The molecule has 5 nitrogen and oxygen atoms in total. The summed E-state index contributed by atoms with van der Waals surface area (Å²) in [5, 5.41) is 0. The van der Waals surface area contributed by atoms with E-state index in [9.17, 15) is 9.59 Å². The van der Waals surface area contributed by atoms with Crippen molar-refractivity contribution < 1.29 is 14.3 Å². The summed E-state index contributed by atoms with van der Waals surface area (Å²) in [6, 6.07) is 10.6. The number of amides is 2. The highest BCUT2D eigenvalue weighted by atomic mass is 16.5. The van der Waals surface area contributed by atoms with Gasteiger partial charge >= 0.3 is 0 Å². The molecule has 134 valence electrons. The maximum absolute atomic E-state index is 12.7. The van der Waals surface area contributed by atoms with Crippen molar-refractivity contribution in [3.63, 3.8) is 0 Å². The Morgan fingerprint density at radius 2 is 1.80 bits per heavy atom. The molecule has 2 amide bonds. The number of carbonyl (C=O) groups is 2. The summed E-state index contributed by atoms with van der Waals surface area (Å²) >= 11 is 0. The van der Waals surface area contributed by atoms with Gasteiger partial charge in [-0.25, -0.2) is 0 Å². The second-order valence-corrected chi connectivity index (χ2v) is 7.50. The Balaban J connectivity index is 1.23. The number of rotatable bonds is 5. The van der Waals surface area contributed by atoms with Gasteiger partial charge in [0.05, 0.1) is 18.6 Å². The third-order valence-electron chi connectivity index (χ3n) is 5.58. The molecular weight excluding hydrogens is 316 g/mol. The van der Waals surface area contributed by atoms with Crippen molar-refractivity contribution in [1.82, 2.24) is 9.80 Å². The van der Waals surface area contributed by atoms with Gasteiger partial charge in [-0.05, 0) is 31.2 Å². The van der Waals surface area contributed by atoms with Crippen molar-refractivity contribution in [3.8, 4) is 0 Å². The predicted octanol–water partition coefficient (Wildman–Crippen LogP) is 2.21. The molecule has 0 bridgehead atoms. The molecule has 1 aromatic carbocycles. The van der Waals surface area contributed by atoms with Crippen LogP contribution in [-0.4, -0.2) is 53.4 Å². The molecule has 3 aliphatic rings. The number of hydrogen-bond acceptors (Lipinski definition) is 3. The van der Waals surface area contributed by atoms with Crippen LogP contribution in [0.2, 0.25) is 0 Å². The number of piperidine rings is 1. The minimum absolute atomic E-state index is 0.130. The first-order chi connectivity index (χ1) is 12.2. The fourth-order valence-corrected chi connectivity index (χ4v) is 3.93. The molecule has 2 aliphatic heterocycles. The third kappa shape index (κ3) is 3.87. The molecule has 5 heteroatoms. The molecule has 1 atom stereocenters. The Labute approximate surface area is 148 Å². The van der Waals surface area contributed by atoms with E-state index < -0.39 is 0 Å². The molecule has 4 rings (SSSR count). The van der Waals surface area contributed by atoms with E-state index in [0.717, 1.165) is 38.8 Å². The smallest absolute Gasteiger partial charge is 0.227 e. The summed E-state index contributed by atoms with van der Waals surface area (Å²) in [6.45, 7) is 2.75. The van der Waals surface area contributed by atoms with E-state index in [0.29, 0.717) is 25.6 Å². The summed E-state index contributed by atoms with van der Waals surface area (Å²) in [5.74, 6) is 0.204. The van der Waals surface area contributed by atoms with Crippen molar-refractivity contribution >= 4 is 11.8 Å². The van der Waals surface area contributed by atoms with Crippen LogP contribution in [0.4, 0.5) is 0 Å². The molecule has 1 unspecified atom stereocenters. The van der Waals surface area contributed by atoms with E-state index in [1.165, 1.54) is 5.56 Å². The summed E-state index contributed by atoms with van der Waals surface area (Å²) in [4.78, 5) is 28.7. The van der Waals surface area contributed by atoms with Gasteiger partial charge in [0.2, 0.25) is 11.8 Å². The van der Waals surface area contributed by atoms with Crippen LogP contribution >= 0.6 is 0 Å². The van der Waals surface area contributed by atoms with Crippen molar-refractivity contribution in [2.45, 2.75) is 50.9 Å². The van der Waals surface area contributed by atoms with E-state index in [4.69, 9.17) is 4.74 Å². The lowest BCUT2D eigenvalue weighted by Crippen LogP contribution is -2.44. The number of nitrogens with zero attached hydrogens (tertiary/aromatic N) is 2. The Kier molecular flexibility index (Phi) is 4.75. The van der Waals surface area contributed by atoms with Crippen LogP contribution in [-0.2, 0) is 20.9 Å². The molecule has 0 N–H and O–H groups in total. The first kappa shape index (κ1) is 16.6. The van der Waals surface area contributed by atoms with Crippen LogP contribution in [0.25, 0.3) is 0 Å². The molecule has 1 aromatic rings. The molecule has 25 heavy (non-hydrogen) atoms. The molecule has 1 aliphatic carbocycles. The van der Waals surface area contributed by atoms with E-state index in [-0.39, 0.29) is 23.8 Å². The van der Waals surface area contributed by atoms with Crippen LogP contribution in [0.5, 0.6) is 0 Å². The lowest BCUT2D eigenvalue weighted by molar-refractivity contribution is -0.138. The van der Waals surface area contributed by atoms with Gasteiger partial charge in [0.15, 0.2) is 0 Å². The van der Waals surface area contributed by atoms with E-state index >= 15 is 0 Å². The SMILES string of the molecule is O=C(C1CC(=O)N(C2CC2)C1)N1CCC(OCc2ccccc2)CC1. The summed E-state index contributed by atoms with van der Waals surface area (Å²) < 4.78 is 6.00. The van der Waals surface area contributed by atoms with Crippen LogP contribution in [0.3, 0.4) is 0 Å². The quantitative estimate of drug-likeness (QED) is 0.824. The monoisotopic (exact) mass is 342 g/mol. The molecule has 3 fully saturated rings. The summed E-state index contributed by atoms with van der Waals surface area (Å²) in [7, 11) is 0. The average molecular weight is 342 g/mol. The van der Waals surface area contributed by atoms with Crippen LogP contribution < -0.4 is 0 Å². The van der Waals surface area contributed by atoms with E-state index in [1.807, 2.05) is 28.0 Å². The van der Waals surface area contributed by atoms with Crippen LogP contribution in [0.15, 0.2) is 30.3 Å². The standard InChI is InChI=1S/C20H26N2O3/c23-19-12-16(13-22(19)17-6-7-17)20(24)21-10-8-18(9-11-21)25-14-15-4-2-1-3-5-15/h1-5,16-18H,6-14H2. The van der Waals surface area contributed by atoms with Crippen LogP contribution in [0, 0.1) is 5.92 Å². The fourth-order valence-electron chi connectivity index (χ4n) is 3.93. The van der Waals surface area contributed by atoms with Crippen molar-refractivity contribution in [2.24, 2.45) is 5.92 Å². The van der Waals surface area contributed by atoms with Gasteiger partial charge in [-0.3, -0.25) is 9.59 Å². The zero-order valence-corrected chi connectivity index (χ0v) is 14.6. The Hall–Kier alpha value is -1.88. The second kappa shape index (κ2) is 7.16. The Morgan fingerprint density at radius 3 is 2.48 bits per heavy atom. The fraction of sp³-hybridized carbons (Fsp3) is 0.600. The summed E-state index contributed by atoms with van der Waals surface area (Å²) in [6.07, 6.45) is 4.60.